The molecule has 0 aromatic carbocycles. The van der Waals surface area contributed by atoms with Crippen molar-refractivity contribution in [3.8, 4) is 0 Å². The summed E-state index contributed by atoms with van der Waals surface area (Å²) in [5.41, 5.74) is 0. The Kier molecular flexibility index (Phi) is 5.80. The summed E-state index contributed by atoms with van der Waals surface area (Å²) in [6.07, 6.45) is 6.26. The molecule has 1 aromatic rings. The van der Waals surface area contributed by atoms with Crippen LogP contribution in [0.2, 0.25) is 0 Å². The van der Waals surface area contributed by atoms with Gasteiger partial charge in [-0.2, -0.15) is 0 Å². The topological polar surface area (TPSA) is 89.9 Å². The zero-order valence-electron chi connectivity index (χ0n) is 14.4. The molecule has 0 unspecified atom stereocenters. The van der Waals surface area contributed by atoms with E-state index in [4.69, 9.17) is 5.11 Å². The van der Waals surface area contributed by atoms with Gasteiger partial charge in [-0.1, -0.05) is 0 Å². The number of carbonyl (C=O) groups is 2. The number of piperazine rings is 1. The molecule has 2 saturated heterocycles. The van der Waals surface area contributed by atoms with Crippen molar-refractivity contribution >= 4 is 17.8 Å². The van der Waals surface area contributed by atoms with E-state index in [1.807, 2.05) is 0 Å². The second-order valence-electron chi connectivity index (χ2n) is 6.65. The van der Waals surface area contributed by atoms with Gasteiger partial charge in [0.1, 0.15) is 0 Å². The number of amides is 1. The average Bonchev–Trinajstić information content (AvgIpc) is 2.63. The number of carboxylic acids is 1. The summed E-state index contributed by atoms with van der Waals surface area (Å²) in [6, 6.07) is 1.64. The predicted molar refractivity (Wildman–Crippen MR) is 92.3 cm³/mol. The molecule has 0 saturated carbocycles. The smallest absolute Gasteiger partial charge is 0.305 e. The molecule has 0 radical (unpaired) electrons. The number of hydrogen-bond acceptors (Lipinski definition) is 6. The van der Waals surface area contributed by atoms with Crippen molar-refractivity contribution in [3.63, 3.8) is 0 Å². The van der Waals surface area contributed by atoms with Crippen LogP contribution in [0.3, 0.4) is 0 Å². The summed E-state index contributed by atoms with van der Waals surface area (Å²) in [6.45, 7) is 4.17. The minimum Gasteiger partial charge on any atom is -0.481 e. The van der Waals surface area contributed by atoms with Crippen molar-refractivity contribution in [2.24, 2.45) is 0 Å². The highest BCUT2D eigenvalue weighted by molar-refractivity contribution is 5.79. The highest BCUT2D eigenvalue weighted by Gasteiger charge is 2.30. The SMILES string of the molecule is O=C(O)C[C@H]1CCCCN1C(=O)CN1CCN(c2ncccn2)CC1. The molecule has 0 spiro atoms. The molecular weight excluding hydrogens is 322 g/mol. The van der Waals surface area contributed by atoms with Gasteiger partial charge in [0.2, 0.25) is 11.9 Å². The van der Waals surface area contributed by atoms with Gasteiger partial charge < -0.3 is 14.9 Å². The summed E-state index contributed by atoms with van der Waals surface area (Å²) in [4.78, 5) is 38.3. The molecule has 0 aliphatic carbocycles. The van der Waals surface area contributed by atoms with E-state index in [1.165, 1.54) is 0 Å². The van der Waals surface area contributed by atoms with Gasteiger partial charge in [-0.05, 0) is 25.3 Å². The van der Waals surface area contributed by atoms with Crippen LogP contribution in [0.1, 0.15) is 25.7 Å². The summed E-state index contributed by atoms with van der Waals surface area (Å²) in [7, 11) is 0. The van der Waals surface area contributed by atoms with Crippen LogP contribution in [0.25, 0.3) is 0 Å². The number of rotatable bonds is 5. The largest absolute Gasteiger partial charge is 0.481 e. The Bertz CT molecular complexity index is 589. The highest BCUT2D eigenvalue weighted by Crippen LogP contribution is 2.20. The van der Waals surface area contributed by atoms with Crippen LogP contribution >= 0.6 is 0 Å². The van der Waals surface area contributed by atoms with Gasteiger partial charge in [-0.25, -0.2) is 9.97 Å². The fourth-order valence-corrected chi connectivity index (χ4v) is 3.59. The fraction of sp³-hybridized carbons (Fsp3) is 0.647. The lowest BCUT2D eigenvalue weighted by atomic mass is 9.99. The third-order valence-electron chi connectivity index (χ3n) is 4.92. The molecular formula is C17H25N5O3. The van der Waals surface area contributed by atoms with Gasteiger partial charge in [0.25, 0.3) is 0 Å². The third kappa shape index (κ3) is 4.66. The number of aromatic nitrogens is 2. The normalized spacial score (nSPS) is 22.0. The maximum Gasteiger partial charge on any atom is 0.305 e. The van der Waals surface area contributed by atoms with Crippen LogP contribution < -0.4 is 4.90 Å². The van der Waals surface area contributed by atoms with Crippen molar-refractivity contribution in [2.45, 2.75) is 31.7 Å². The number of carbonyl (C=O) groups excluding carboxylic acids is 1. The second kappa shape index (κ2) is 8.24. The maximum absolute atomic E-state index is 12.7. The van der Waals surface area contributed by atoms with Gasteiger partial charge >= 0.3 is 5.97 Å². The molecule has 1 aromatic heterocycles. The molecule has 2 fully saturated rings. The van der Waals surface area contributed by atoms with Gasteiger partial charge in [-0.3, -0.25) is 14.5 Å². The zero-order valence-corrected chi connectivity index (χ0v) is 14.4. The molecule has 0 bridgehead atoms. The third-order valence-corrected chi connectivity index (χ3v) is 4.92. The van der Waals surface area contributed by atoms with Gasteiger partial charge in [0, 0.05) is 51.2 Å². The molecule has 25 heavy (non-hydrogen) atoms. The standard InChI is InChI=1S/C17H25N5O3/c23-15(22-7-2-1-4-14(22)12-16(24)25)13-20-8-10-21(11-9-20)17-18-5-3-6-19-17/h3,5-6,14H,1-2,4,7-13H2,(H,24,25)/t14-/m1/s1. The Morgan fingerprint density at radius 3 is 2.48 bits per heavy atom. The van der Waals surface area contributed by atoms with E-state index in [9.17, 15) is 9.59 Å². The van der Waals surface area contributed by atoms with Crippen molar-refractivity contribution < 1.29 is 14.7 Å². The Balaban J connectivity index is 1.51. The number of nitrogens with zero attached hydrogens (tertiary/aromatic N) is 5. The van der Waals surface area contributed by atoms with Crippen molar-refractivity contribution in [3.05, 3.63) is 18.5 Å². The average molecular weight is 347 g/mol. The number of hydrogen-bond donors (Lipinski definition) is 1. The Labute approximate surface area is 147 Å². The lowest BCUT2D eigenvalue weighted by molar-refractivity contribution is -0.142. The predicted octanol–water partition coefficient (Wildman–Crippen LogP) is 0.454. The van der Waals surface area contributed by atoms with Crippen molar-refractivity contribution in [1.82, 2.24) is 19.8 Å². The van der Waals surface area contributed by atoms with E-state index in [0.29, 0.717) is 13.1 Å². The van der Waals surface area contributed by atoms with Crippen LogP contribution in [0.15, 0.2) is 18.5 Å². The summed E-state index contributed by atoms with van der Waals surface area (Å²) in [5.74, 6) is -0.0532. The van der Waals surface area contributed by atoms with E-state index in [-0.39, 0.29) is 18.4 Å². The number of carboxylic acid groups (broad SMARTS) is 1. The van der Waals surface area contributed by atoms with Crippen LogP contribution in [0.4, 0.5) is 5.95 Å². The van der Waals surface area contributed by atoms with Crippen LogP contribution in [0, 0.1) is 0 Å². The van der Waals surface area contributed by atoms with Gasteiger partial charge in [0.15, 0.2) is 0 Å². The molecule has 1 amide bonds. The molecule has 1 atom stereocenters. The lowest BCUT2D eigenvalue weighted by Crippen LogP contribution is -2.53. The first kappa shape index (κ1) is 17.6. The molecule has 136 valence electrons. The first-order valence-electron chi connectivity index (χ1n) is 8.89. The van der Waals surface area contributed by atoms with E-state index in [1.54, 1.807) is 23.4 Å². The monoisotopic (exact) mass is 347 g/mol. The molecule has 2 aliphatic rings. The number of anilines is 1. The Morgan fingerprint density at radius 2 is 1.80 bits per heavy atom. The molecule has 3 heterocycles. The first-order chi connectivity index (χ1) is 12.1. The molecule has 8 nitrogen and oxygen atoms in total. The second-order valence-corrected chi connectivity index (χ2v) is 6.65. The van der Waals surface area contributed by atoms with Crippen LogP contribution in [-0.4, -0.2) is 82.1 Å². The maximum atomic E-state index is 12.7. The van der Waals surface area contributed by atoms with Gasteiger partial charge in [0.05, 0.1) is 13.0 Å². The fourth-order valence-electron chi connectivity index (χ4n) is 3.59. The zero-order chi connectivity index (χ0) is 17.6. The summed E-state index contributed by atoms with van der Waals surface area (Å²) in [5, 5.41) is 9.06. The first-order valence-corrected chi connectivity index (χ1v) is 8.89. The minimum atomic E-state index is -0.832. The van der Waals surface area contributed by atoms with Gasteiger partial charge in [-0.15, -0.1) is 0 Å². The summed E-state index contributed by atoms with van der Waals surface area (Å²) >= 11 is 0. The molecule has 2 aliphatic heterocycles. The molecule has 3 rings (SSSR count). The van der Waals surface area contributed by atoms with Crippen LogP contribution in [0.5, 0.6) is 0 Å². The van der Waals surface area contributed by atoms with E-state index in [2.05, 4.69) is 19.8 Å². The lowest BCUT2D eigenvalue weighted by Gasteiger charge is -2.38. The Morgan fingerprint density at radius 1 is 1.08 bits per heavy atom. The van der Waals surface area contributed by atoms with Crippen molar-refractivity contribution in [2.75, 3.05) is 44.2 Å². The Hall–Kier alpha value is -2.22. The number of aliphatic carboxylic acids is 1. The molecule has 1 N–H and O–H groups in total. The van der Waals surface area contributed by atoms with Crippen molar-refractivity contribution in [1.29, 1.82) is 0 Å². The molecule has 8 heteroatoms. The quantitative estimate of drug-likeness (QED) is 0.827. The van der Waals surface area contributed by atoms with E-state index in [0.717, 1.165) is 51.4 Å². The number of likely N-dealkylation sites (tertiary alicyclic amines) is 1. The summed E-state index contributed by atoms with van der Waals surface area (Å²) < 4.78 is 0. The van der Waals surface area contributed by atoms with E-state index < -0.39 is 5.97 Å². The van der Waals surface area contributed by atoms with Crippen LogP contribution in [-0.2, 0) is 9.59 Å². The number of piperidine rings is 1. The van der Waals surface area contributed by atoms with E-state index >= 15 is 0 Å². The minimum absolute atomic E-state index is 0.0465. The highest BCUT2D eigenvalue weighted by atomic mass is 16.4.